The lowest BCUT2D eigenvalue weighted by Gasteiger charge is -2.27. The van der Waals surface area contributed by atoms with Crippen molar-refractivity contribution in [3.05, 3.63) is 70.2 Å². The third-order valence-corrected chi connectivity index (χ3v) is 5.07. The van der Waals surface area contributed by atoms with Crippen LogP contribution in [0.15, 0.2) is 42.5 Å². The second-order valence-corrected chi connectivity index (χ2v) is 6.86. The van der Waals surface area contributed by atoms with Crippen molar-refractivity contribution in [2.45, 2.75) is 31.1 Å². The van der Waals surface area contributed by atoms with Crippen LogP contribution in [-0.2, 0) is 14.9 Å². The Morgan fingerprint density at radius 1 is 1.00 bits per heavy atom. The number of ketones is 1. The molecule has 6 heteroatoms. The van der Waals surface area contributed by atoms with Crippen LogP contribution in [0.25, 0.3) is 0 Å². The Balaban J connectivity index is 1.73. The molecule has 136 valence electrons. The zero-order chi connectivity index (χ0) is 18.7. The maximum Gasteiger partial charge on any atom is 0.317 e. The number of esters is 1. The number of carbonyl (C=O) groups is 2. The van der Waals surface area contributed by atoms with Crippen LogP contribution in [0.1, 0.15) is 41.6 Å². The molecule has 0 atom stereocenters. The third-order valence-electron chi connectivity index (χ3n) is 4.82. The largest absolute Gasteiger partial charge is 0.457 e. The molecule has 0 aromatic heterocycles. The Hall–Kier alpha value is -2.27. The van der Waals surface area contributed by atoms with Crippen molar-refractivity contribution in [1.82, 2.24) is 0 Å². The first kappa shape index (κ1) is 18.5. The van der Waals surface area contributed by atoms with Crippen LogP contribution < -0.4 is 0 Å². The smallest absolute Gasteiger partial charge is 0.317 e. The summed E-state index contributed by atoms with van der Waals surface area (Å²) < 4.78 is 31.5. The number of carbonyl (C=O) groups excluding carboxylic acids is 2. The van der Waals surface area contributed by atoms with E-state index in [1.807, 2.05) is 0 Å². The van der Waals surface area contributed by atoms with E-state index in [9.17, 15) is 18.4 Å². The number of hydrogen-bond acceptors (Lipinski definition) is 3. The zero-order valence-corrected chi connectivity index (χ0v) is 14.7. The maximum absolute atomic E-state index is 13.3. The maximum atomic E-state index is 13.3. The molecule has 1 fully saturated rings. The summed E-state index contributed by atoms with van der Waals surface area (Å²) in [6.07, 6.45) is 3.03. The van der Waals surface area contributed by atoms with Crippen LogP contribution in [0.3, 0.4) is 0 Å². The van der Waals surface area contributed by atoms with E-state index in [1.54, 1.807) is 24.3 Å². The minimum atomic E-state index is -1.12. The van der Waals surface area contributed by atoms with E-state index in [0.717, 1.165) is 30.5 Å². The Kier molecular flexibility index (Phi) is 5.37. The first-order chi connectivity index (χ1) is 12.4. The molecule has 0 spiro atoms. The van der Waals surface area contributed by atoms with Gasteiger partial charge in [0.05, 0.1) is 5.41 Å². The van der Waals surface area contributed by atoms with E-state index < -0.39 is 35.4 Å². The number of Topliss-reactive ketones (excluding diaryl/α,β-unsaturated/α-hetero) is 1. The molecule has 3 nitrogen and oxygen atoms in total. The summed E-state index contributed by atoms with van der Waals surface area (Å²) in [7, 11) is 0. The van der Waals surface area contributed by atoms with Crippen LogP contribution in [0.2, 0.25) is 5.02 Å². The van der Waals surface area contributed by atoms with E-state index in [4.69, 9.17) is 16.3 Å². The molecule has 26 heavy (non-hydrogen) atoms. The Morgan fingerprint density at radius 3 is 2.27 bits per heavy atom. The summed E-state index contributed by atoms with van der Waals surface area (Å²) >= 11 is 5.92. The molecular weight excluding hydrogens is 362 g/mol. The molecule has 0 amide bonds. The summed E-state index contributed by atoms with van der Waals surface area (Å²) in [6, 6.07) is 9.87. The van der Waals surface area contributed by atoms with Gasteiger partial charge in [0.1, 0.15) is 0 Å². The van der Waals surface area contributed by atoms with Gasteiger partial charge >= 0.3 is 5.97 Å². The van der Waals surface area contributed by atoms with Crippen molar-refractivity contribution in [2.75, 3.05) is 6.61 Å². The van der Waals surface area contributed by atoms with Gasteiger partial charge in [0.25, 0.3) is 0 Å². The highest BCUT2D eigenvalue weighted by Gasteiger charge is 2.44. The predicted octanol–water partition coefficient (Wildman–Crippen LogP) is 4.86. The van der Waals surface area contributed by atoms with Gasteiger partial charge in [0.15, 0.2) is 24.0 Å². The SMILES string of the molecule is O=C(COC(=O)C1(c2ccc(Cl)cc2)CCCC1)c1ccc(F)c(F)c1. The van der Waals surface area contributed by atoms with E-state index in [-0.39, 0.29) is 5.56 Å². The van der Waals surface area contributed by atoms with Crippen molar-refractivity contribution in [3.63, 3.8) is 0 Å². The molecule has 3 rings (SSSR count). The number of rotatable bonds is 5. The molecule has 0 bridgehead atoms. The molecule has 0 unspecified atom stereocenters. The Labute approximate surface area is 154 Å². The van der Waals surface area contributed by atoms with Crippen molar-refractivity contribution in [3.8, 4) is 0 Å². The first-order valence-corrected chi connectivity index (χ1v) is 8.72. The fourth-order valence-corrected chi connectivity index (χ4v) is 3.51. The second-order valence-electron chi connectivity index (χ2n) is 6.42. The summed E-state index contributed by atoms with van der Waals surface area (Å²) in [5, 5.41) is 0.573. The molecule has 2 aromatic carbocycles. The van der Waals surface area contributed by atoms with Crippen LogP contribution in [0.4, 0.5) is 8.78 Å². The fraction of sp³-hybridized carbons (Fsp3) is 0.300. The molecule has 0 aliphatic heterocycles. The van der Waals surface area contributed by atoms with Gasteiger partial charge in [0, 0.05) is 10.6 Å². The summed E-state index contributed by atoms with van der Waals surface area (Å²) in [6.45, 7) is -0.515. The average molecular weight is 379 g/mol. The standard InChI is InChI=1S/C20H17ClF2O3/c21-15-6-4-14(5-7-15)20(9-1-2-10-20)19(25)26-12-18(24)13-3-8-16(22)17(23)11-13/h3-8,11H,1-2,9-10,12H2. The van der Waals surface area contributed by atoms with Gasteiger partial charge in [-0.3, -0.25) is 9.59 Å². The normalized spacial score (nSPS) is 15.7. The van der Waals surface area contributed by atoms with Crippen molar-refractivity contribution >= 4 is 23.4 Å². The van der Waals surface area contributed by atoms with Crippen LogP contribution in [0.5, 0.6) is 0 Å². The van der Waals surface area contributed by atoms with Gasteiger partial charge in [0.2, 0.25) is 0 Å². The number of halogens is 3. The lowest BCUT2D eigenvalue weighted by atomic mass is 9.79. The minimum Gasteiger partial charge on any atom is -0.457 e. The number of benzene rings is 2. The lowest BCUT2D eigenvalue weighted by Crippen LogP contribution is -2.35. The third kappa shape index (κ3) is 3.63. The van der Waals surface area contributed by atoms with Gasteiger partial charge in [-0.15, -0.1) is 0 Å². The van der Waals surface area contributed by atoms with Crippen molar-refractivity contribution in [1.29, 1.82) is 0 Å². The molecule has 0 N–H and O–H groups in total. The van der Waals surface area contributed by atoms with Crippen LogP contribution in [-0.4, -0.2) is 18.4 Å². The highest BCUT2D eigenvalue weighted by Crippen LogP contribution is 2.42. The average Bonchev–Trinajstić information content (AvgIpc) is 3.13. The topological polar surface area (TPSA) is 43.4 Å². The van der Waals surface area contributed by atoms with E-state index in [2.05, 4.69) is 0 Å². The van der Waals surface area contributed by atoms with Gasteiger partial charge < -0.3 is 4.74 Å². The van der Waals surface area contributed by atoms with Gasteiger partial charge in [-0.1, -0.05) is 36.6 Å². The molecular formula is C20H17ClF2O3. The Morgan fingerprint density at radius 2 is 1.65 bits per heavy atom. The quantitative estimate of drug-likeness (QED) is 0.551. The van der Waals surface area contributed by atoms with E-state index in [1.165, 1.54) is 6.07 Å². The molecule has 0 radical (unpaired) electrons. The second kappa shape index (κ2) is 7.54. The summed E-state index contributed by atoms with van der Waals surface area (Å²) in [4.78, 5) is 24.9. The fourth-order valence-electron chi connectivity index (χ4n) is 3.38. The molecule has 0 heterocycles. The Bertz CT molecular complexity index is 827. The van der Waals surface area contributed by atoms with E-state index >= 15 is 0 Å². The molecule has 1 aliphatic carbocycles. The summed E-state index contributed by atoms with van der Waals surface area (Å²) in [5.74, 6) is -3.21. The molecule has 0 saturated heterocycles. The number of hydrogen-bond donors (Lipinski definition) is 0. The van der Waals surface area contributed by atoms with Gasteiger partial charge in [-0.25, -0.2) is 8.78 Å². The predicted molar refractivity (Wildman–Crippen MR) is 93.2 cm³/mol. The molecule has 2 aromatic rings. The van der Waals surface area contributed by atoms with E-state index in [0.29, 0.717) is 17.9 Å². The monoisotopic (exact) mass is 378 g/mol. The van der Waals surface area contributed by atoms with Crippen LogP contribution >= 0.6 is 11.6 Å². The summed E-state index contributed by atoms with van der Waals surface area (Å²) in [5.41, 5.74) is -0.0211. The van der Waals surface area contributed by atoms with Crippen LogP contribution in [0, 0.1) is 11.6 Å². The van der Waals surface area contributed by atoms with Gasteiger partial charge in [-0.2, -0.15) is 0 Å². The lowest BCUT2D eigenvalue weighted by molar-refractivity contribution is -0.149. The molecule has 1 aliphatic rings. The minimum absolute atomic E-state index is 0.0383. The highest BCUT2D eigenvalue weighted by molar-refractivity contribution is 6.30. The number of ether oxygens (including phenoxy) is 1. The van der Waals surface area contributed by atoms with Gasteiger partial charge in [-0.05, 0) is 48.7 Å². The molecule has 1 saturated carbocycles. The highest BCUT2D eigenvalue weighted by atomic mass is 35.5. The van der Waals surface area contributed by atoms with Crippen molar-refractivity contribution in [2.24, 2.45) is 0 Å². The van der Waals surface area contributed by atoms with Crippen molar-refractivity contribution < 1.29 is 23.1 Å². The zero-order valence-electron chi connectivity index (χ0n) is 13.9. The first-order valence-electron chi connectivity index (χ1n) is 8.34.